The van der Waals surface area contributed by atoms with Gasteiger partial charge in [-0.25, -0.2) is 4.98 Å². The van der Waals surface area contributed by atoms with Gasteiger partial charge in [0, 0.05) is 26.3 Å². The zero-order valence-corrected chi connectivity index (χ0v) is 9.60. The largest absolute Gasteiger partial charge is 0.488 e. The summed E-state index contributed by atoms with van der Waals surface area (Å²) in [4.78, 5) is 4.03. The number of aliphatic hydroxyl groups excluding tert-OH is 1. The molecule has 0 aliphatic rings. The quantitative estimate of drug-likeness (QED) is 0.704. The molecule has 0 atom stereocenters. The van der Waals surface area contributed by atoms with Gasteiger partial charge in [0.05, 0.1) is 20.3 Å². The predicted octanol–water partition coefficient (Wildman–Crippen LogP) is 0.998. The molecule has 1 aromatic heterocycles. The second kappa shape index (κ2) is 7.03. The highest BCUT2D eigenvalue weighted by Gasteiger charge is 2.06. The molecule has 1 rings (SSSR count). The van der Waals surface area contributed by atoms with Crippen molar-refractivity contribution in [3.63, 3.8) is 0 Å². The highest BCUT2D eigenvalue weighted by molar-refractivity contribution is 5.36. The standard InChI is InChI=1S/C11H17NO4/c1-14-4-3-5-16-10-6-9(8-13)7-12-11(10)15-2/h6-7,13H,3-5,8H2,1-2H3. The summed E-state index contributed by atoms with van der Waals surface area (Å²) in [6.45, 7) is 1.11. The molecule has 0 bridgehead atoms. The van der Waals surface area contributed by atoms with Gasteiger partial charge in [0.25, 0.3) is 5.88 Å². The van der Waals surface area contributed by atoms with E-state index in [-0.39, 0.29) is 6.61 Å². The van der Waals surface area contributed by atoms with Crippen LogP contribution in [-0.2, 0) is 11.3 Å². The molecule has 1 heterocycles. The number of ether oxygens (including phenoxy) is 3. The summed E-state index contributed by atoms with van der Waals surface area (Å²) < 4.78 is 15.5. The minimum atomic E-state index is -0.0641. The maximum atomic E-state index is 8.98. The lowest BCUT2D eigenvalue weighted by Crippen LogP contribution is -2.04. The molecule has 0 aliphatic heterocycles. The molecular weight excluding hydrogens is 210 g/mol. The van der Waals surface area contributed by atoms with Gasteiger partial charge in [-0.05, 0) is 11.6 Å². The third kappa shape index (κ3) is 3.67. The number of pyridine rings is 1. The van der Waals surface area contributed by atoms with Crippen molar-refractivity contribution in [3.8, 4) is 11.6 Å². The van der Waals surface area contributed by atoms with Gasteiger partial charge in [-0.2, -0.15) is 0 Å². The van der Waals surface area contributed by atoms with E-state index in [4.69, 9.17) is 19.3 Å². The minimum Gasteiger partial charge on any atom is -0.488 e. The Labute approximate surface area is 95.0 Å². The summed E-state index contributed by atoms with van der Waals surface area (Å²) in [6, 6.07) is 1.72. The molecule has 0 aromatic carbocycles. The number of rotatable bonds is 7. The van der Waals surface area contributed by atoms with E-state index in [1.165, 1.54) is 7.11 Å². The number of hydrogen-bond donors (Lipinski definition) is 1. The lowest BCUT2D eigenvalue weighted by molar-refractivity contribution is 0.170. The average molecular weight is 227 g/mol. The molecule has 90 valence electrons. The Kier molecular flexibility index (Phi) is 5.60. The van der Waals surface area contributed by atoms with Crippen LogP contribution in [0.25, 0.3) is 0 Å². The first-order chi connectivity index (χ1) is 7.81. The first-order valence-electron chi connectivity index (χ1n) is 5.07. The Balaban J connectivity index is 2.60. The molecule has 0 unspecified atom stereocenters. The van der Waals surface area contributed by atoms with Gasteiger partial charge in [0.15, 0.2) is 5.75 Å². The van der Waals surface area contributed by atoms with Crippen LogP contribution in [0.4, 0.5) is 0 Å². The topological polar surface area (TPSA) is 60.8 Å². The van der Waals surface area contributed by atoms with Crippen LogP contribution in [0.15, 0.2) is 12.3 Å². The third-order valence-corrected chi connectivity index (χ3v) is 2.00. The van der Waals surface area contributed by atoms with E-state index in [9.17, 15) is 0 Å². The lowest BCUT2D eigenvalue weighted by Gasteiger charge is -2.10. The summed E-state index contributed by atoms with van der Waals surface area (Å²) in [5, 5.41) is 8.98. The van der Waals surface area contributed by atoms with Crippen molar-refractivity contribution in [1.29, 1.82) is 0 Å². The van der Waals surface area contributed by atoms with Crippen LogP contribution in [0, 0.1) is 0 Å². The molecular formula is C11H17NO4. The lowest BCUT2D eigenvalue weighted by atomic mass is 10.3. The molecule has 0 spiro atoms. The number of aliphatic hydroxyl groups is 1. The van der Waals surface area contributed by atoms with Gasteiger partial charge in [-0.3, -0.25) is 0 Å². The fraction of sp³-hybridized carbons (Fsp3) is 0.545. The van der Waals surface area contributed by atoms with E-state index in [1.807, 2.05) is 0 Å². The summed E-state index contributed by atoms with van der Waals surface area (Å²) in [5.41, 5.74) is 0.697. The predicted molar refractivity (Wildman–Crippen MR) is 58.7 cm³/mol. The number of nitrogens with zero attached hydrogens (tertiary/aromatic N) is 1. The van der Waals surface area contributed by atoms with Crippen LogP contribution < -0.4 is 9.47 Å². The molecule has 1 aromatic rings. The van der Waals surface area contributed by atoms with Gasteiger partial charge in [0.1, 0.15) is 0 Å². The molecule has 0 saturated heterocycles. The Bertz CT molecular complexity index is 317. The van der Waals surface area contributed by atoms with Gasteiger partial charge in [-0.1, -0.05) is 0 Å². The van der Waals surface area contributed by atoms with Crippen molar-refractivity contribution in [3.05, 3.63) is 17.8 Å². The maximum Gasteiger partial charge on any atom is 0.256 e. The van der Waals surface area contributed by atoms with Gasteiger partial charge in [-0.15, -0.1) is 0 Å². The molecule has 5 heteroatoms. The van der Waals surface area contributed by atoms with E-state index in [1.54, 1.807) is 19.4 Å². The summed E-state index contributed by atoms with van der Waals surface area (Å²) in [5.74, 6) is 0.972. The van der Waals surface area contributed by atoms with Gasteiger partial charge < -0.3 is 19.3 Å². The molecule has 0 amide bonds. The first kappa shape index (κ1) is 12.7. The maximum absolute atomic E-state index is 8.98. The van der Waals surface area contributed by atoms with Crippen LogP contribution in [-0.4, -0.2) is 37.5 Å². The van der Waals surface area contributed by atoms with Crippen molar-refractivity contribution in [1.82, 2.24) is 4.98 Å². The molecule has 16 heavy (non-hydrogen) atoms. The fourth-order valence-electron chi connectivity index (χ4n) is 1.20. The smallest absolute Gasteiger partial charge is 0.256 e. The fourth-order valence-corrected chi connectivity index (χ4v) is 1.20. The van der Waals surface area contributed by atoms with Gasteiger partial charge >= 0.3 is 0 Å². The van der Waals surface area contributed by atoms with E-state index in [0.29, 0.717) is 30.4 Å². The SMILES string of the molecule is COCCCOc1cc(CO)cnc1OC. The second-order valence-electron chi connectivity index (χ2n) is 3.20. The van der Waals surface area contributed by atoms with Crippen molar-refractivity contribution in [2.75, 3.05) is 27.4 Å². The molecule has 0 fully saturated rings. The molecule has 0 saturated carbocycles. The monoisotopic (exact) mass is 227 g/mol. The summed E-state index contributed by atoms with van der Waals surface area (Å²) >= 11 is 0. The van der Waals surface area contributed by atoms with Crippen molar-refractivity contribution in [2.24, 2.45) is 0 Å². The zero-order valence-electron chi connectivity index (χ0n) is 9.60. The third-order valence-electron chi connectivity index (χ3n) is 2.00. The molecule has 0 aliphatic carbocycles. The number of methoxy groups -OCH3 is 2. The Morgan fingerprint density at radius 2 is 2.12 bits per heavy atom. The van der Waals surface area contributed by atoms with Crippen LogP contribution in [0.5, 0.6) is 11.6 Å². The Morgan fingerprint density at radius 1 is 1.31 bits per heavy atom. The first-order valence-corrected chi connectivity index (χ1v) is 5.07. The summed E-state index contributed by atoms with van der Waals surface area (Å²) in [6.07, 6.45) is 2.35. The van der Waals surface area contributed by atoms with Crippen molar-refractivity contribution in [2.45, 2.75) is 13.0 Å². The van der Waals surface area contributed by atoms with Crippen molar-refractivity contribution < 1.29 is 19.3 Å². The number of hydrogen-bond acceptors (Lipinski definition) is 5. The van der Waals surface area contributed by atoms with E-state index in [0.717, 1.165) is 6.42 Å². The summed E-state index contributed by atoms with van der Waals surface area (Å²) in [7, 11) is 3.18. The van der Waals surface area contributed by atoms with Crippen LogP contribution in [0.1, 0.15) is 12.0 Å². The average Bonchev–Trinajstić information content (AvgIpc) is 2.34. The second-order valence-corrected chi connectivity index (χ2v) is 3.20. The zero-order chi connectivity index (χ0) is 11.8. The normalized spacial score (nSPS) is 10.2. The number of aromatic nitrogens is 1. The molecule has 0 radical (unpaired) electrons. The minimum absolute atomic E-state index is 0.0641. The molecule has 1 N–H and O–H groups in total. The highest BCUT2D eigenvalue weighted by Crippen LogP contribution is 2.25. The Morgan fingerprint density at radius 3 is 2.75 bits per heavy atom. The van der Waals surface area contributed by atoms with Crippen LogP contribution >= 0.6 is 0 Å². The molecule has 5 nitrogen and oxygen atoms in total. The van der Waals surface area contributed by atoms with E-state index < -0.39 is 0 Å². The van der Waals surface area contributed by atoms with Crippen LogP contribution in [0.3, 0.4) is 0 Å². The van der Waals surface area contributed by atoms with E-state index in [2.05, 4.69) is 4.98 Å². The Hall–Kier alpha value is -1.33. The van der Waals surface area contributed by atoms with Crippen LogP contribution in [0.2, 0.25) is 0 Å². The van der Waals surface area contributed by atoms with Gasteiger partial charge in [0.2, 0.25) is 0 Å². The van der Waals surface area contributed by atoms with Crippen molar-refractivity contribution >= 4 is 0 Å². The highest BCUT2D eigenvalue weighted by atomic mass is 16.5. The van der Waals surface area contributed by atoms with E-state index >= 15 is 0 Å².